The minimum Gasteiger partial charge on any atom is -0.476 e. The van der Waals surface area contributed by atoms with Crippen molar-refractivity contribution in [3.8, 4) is 0 Å². The van der Waals surface area contributed by atoms with Gasteiger partial charge in [0.1, 0.15) is 0 Å². The Morgan fingerprint density at radius 1 is 1.40 bits per heavy atom. The van der Waals surface area contributed by atoms with Gasteiger partial charge in [0.2, 0.25) is 0 Å². The van der Waals surface area contributed by atoms with Crippen LogP contribution in [0.25, 0.3) is 0 Å². The Morgan fingerprint density at radius 2 is 2.10 bits per heavy atom. The van der Waals surface area contributed by atoms with E-state index in [1.807, 2.05) is 0 Å². The summed E-state index contributed by atoms with van der Waals surface area (Å²) in [6.45, 7) is 1.78. The van der Waals surface area contributed by atoms with Crippen molar-refractivity contribution in [3.05, 3.63) is 51.8 Å². The average molecular weight is 294 g/mol. The van der Waals surface area contributed by atoms with E-state index in [4.69, 9.17) is 16.7 Å². The second-order valence-electron chi connectivity index (χ2n) is 4.14. The molecule has 0 saturated heterocycles. The van der Waals surface area contributed by atoms with Gasteiger partial charge in [-0.2, -0.15) is 5.10 Å². The first-order valence-corrected chi connectivity index (χ1v) is 6.18. The molecule has 0 radical (unpaired) electrons. The number of halogens is 1. The summed E-state index contributed by atoms with van der Waals surface area (Å²) >= 11 is 5.92. The fourth-order valence-electron chi connectivity index (χ4n) is 1.72. The predicted molar refractivity (Wildman–Crippen MR) is 72.9 cm³/mol. The van der Waals surface area contributed by atoms with Crippen LogP contribution in [0.2, 0.25) is 5.02 Å². The van der Waals surface area contributed by atoms with E-state index in [-0.39, 0.29) is 18.1 Å². The maximum absolute atomic E-state index is 11.9. The SMILES string of the molecule is Cc1c(C(=O)O)n[nH]c1CNC(=O)c1ccccc1Cl. The first kappa shape index (κ1) is 14.1. The van der Waals surface area contributed by atoms with E-state index in [1.54, 1.807) is 31.2 Å². The first-order chi connectivity index (χ1) is 9.50. The lowest BCUT2D eigenvalue weighted by Crippen LogP contribution is -2.23. The summed E-state index contributed by atoms with van der Waals surface area (Å²) in [5.74, 6) is -1.44. The highest BCUT2D eigenvalue weighted by Crippen LogP contribution is 2.15. The third kappa shape index (κ3) is 2.80. The highest BCUT2D eigenvalue weighted by Gasteiger charge is 2.16. The Bertz CT molecular complexity index is 667. The van der Waals surface area contributed by atoms with E-state index in [0.29, 0.717) is 21.8 Å². The molecule has 0 saturated carbocycles. The molecule has 0 aliphatic heterocycles. The molecule has 104 valence electrons. The molecule has 0 unspecified atom stereocenters. The van der Waals surface area contributed by atoms with Gasteiger partial charge in [-0.25, -0.2) is 4.79 Å². The fourth-order valence-corrected chi connectivity index (χ4v) is 1.95. The molecule has 0 aliphatic rings. The van der Waals surface area contributed by atoms with E-state index < -0.39 is 5.97 Å². The Morgan fingerprint density at radius 3 is 2.70 bits per heavy atom. The van der Waals surface area contributed by atoms with Crippen molar-refractivity contribution in [2.45, 2.75) is 13.5 Å². The normalized spacial score (nSPS) is 10.3. The number of nitrogens with one attached hydrogen (secondary N) is 2. The number of aromatic carboxylic acids is 1. The number of amides is 1. The number of nitrogens with zero attached hydrogens (tertiary/aromatic N) is 1. The van der Waals surface area contributed by atoms with Crippen LogP contribution in [0, 0.1) is 6.92 Å². The lowest BCUT2D eigenvalue weighted by Gasteiger charge is -2.06. The number of benzene rings is 1. The largest absolute Gasteiger partial charge is 0.476 e. The first-order valence-electron chi connectivity index (χ1n) is 5.80. The van der Waals surface area contributed by atoms with Gasteiger partial charge in [-0.1, -0.05) is 23.7 Å². The summed E-state index contributed by atoms with van der Waals surface area (Å²) in [6, 6.07) is 6.68. The van der Waals surface area contributed by atoms with Crippen molar-refractivity contribution < 1.29 is 14.7 Å². The van der Waals surface area contributed by atoms with Crippen LogP contribution in [-0.2, 0) is 6.54 Å². The van der Waals surface area contributed by atoms with Gasteiger partial charge in [0.25, 0.3) is 5.91 Å². The second kappa shape index (κ2) is 5.75. The second-order valence-corrected chi connectivity index (χ2v) is 4.55. The fraction of sp³-hybridized carbons (Fsp3) is 0.154. The van der Waals surface area contributed by atoms with Crippen LogP contribution >= 0.6 is 11.6 Å². The Kier molecular flexibility index (Phi) is 4.05. The predicted octanol–water partition coefficient (Wildman–Crippen LogP) is 2.00. The minimum atomic E-state index is -1.11. The quantitative estimate of drug-likeness (QED) is 0.803. The van der Waals surface area contributed by atoms with Gasteiger partial charge in [-0.15, -0.1) is 0 Å². The summed E-state index contributed by atoms with van der Waals surface area (Å²) in [4.78, 5) is 22.8. The molecule has 6 nitrogen and oxygen atoms in total. The molecular formula is C13H12ClN3O3. The molecule has 0 aliphatic carbocycles. The molecule has 2 aromatic rings. The van der Waals surface area contributed by atoms with Crippen molar-refractivity contribution in [1.82, 2.24) is 15.5 Å². The number of carbonyl (C=O) groups is 2. The molecule has 7 heteroatoms. The Balaban J connectivity index is 2.08. The van der Waals surface area contributed by atoms with E-state index in [1.165, 1.54) is 0 Å². The smallest absolute Gasteiger partial charge is 0.356 e. The zero-order valence-corrected chi connectivity index (χ0v) is 11.4. The summed E-state index contributed by atoms with van der Waals surface area (Å²) in [5, 5.41) is 18.2. The van der Waals surface area contributed by atoms with Crippen molar-refractivity contribution in [1.29, 1.82) is 0 Å². The summed E-state index contributed by atoms with van der Waals surface area (Å²) in [7, 11) is 0. The lowest BCUT2D eigenvalue weighted by molar-refractivity contribution is 0.0689. The van der Waals surface area contributed by atoms with E-state index >= 15 is 0 Å². The Labute approximate surface area is 119 Å². The third-order valence-electron chi connectivity index (χ3n) is 2.86. The van der Waals surface area contributed by atoms with Crippen molar-refractivity contribution >= 4 is 23.5 Å². The average Bonchev–Trinajstić information content (AvgIpc) is 2.78. The van der Waals surface area contributed by atoms with Gasteiger partial charge in [-0.05, 0) is 19.1 Å². The zero-order chi connectivity index (χ0) is 14.7. The van der Waals surface area contributed by atoms with E-state index in [9.17, 15) is 9.59 Å². The number of hydrogen-bond donors (Lipinski definition) is 3. The monoisotopic (exact) mass is 293 g/mol. The molecule has 3 N–H and O–H groups in total. The van der Waals surface area contributed by atoms with Crippen molar-refractivity contribution in [2.75, 3.05) is 0 Å². The van der Waals surface area contributed by atoms with Crippen molar-refractivity contribution in [3.63, 3.8) is 0 Å². The molecule has 0 spiro atoms. The van der Waals surface area contributed by atoms with E-state index in [2.05, 4.69) is 15.5 Å². The molecule has 0 bridgehead atoms. The number of hydrogen-bond acceptors (Lipinski definition) is 3. The topological polar surface area (TPSA) is 95.1 Å². The minimum absolute atomic E-state index is 0.0491. The highest BCUT2D eigenvalue weighted by atomic mass is 35.5. The van der Waals surface area contributed by atoms with Gasteiger partial charge in [0.15, 0.2) is 5.69 Å². The van der Waals surface area contributed by atoms with Gasteiger partial charge in [0.05, 0.1) is 22.8 Å². The molecule has 1 heterocycles. The number of aromatic nitrogens is 2. The van der Waals surface area contributed by atoms with Gasteiger partial charge >= 0.3 is 5.97 Å². The van der Waals surface area contributed by atoms with Crippen LogP contribution in [0.15, 0.2) is 24.3 Å². The van der Waals surface area contributed by atoms with Crippen LogP contribution < -0.4 is 5.32 Å². The molecule has 0 atom stereocenters. The molecule has 1 amide bonds. The number of H-pyrrole nitrogens is 1. The van der Waals surface area contributed by atoms with Crippen LogP contribution in [0.3, 0.4) is 0 Å². The number of rotatable bonds is 4. The lowest BCUT2D eigenvalue weighted by atomic mass is 10.2. The van der Waals surface area contributed by atoms with Gasteiger partial charge in [-0.3, -0.25) is 9.89 Å². The highest BCUT2D eigenvalue weighted by molar-refractivity contribution is 6.33. The molecule has 1 aromatic heterocycles. The number of carboxylic acids is 1. The number of carboxylic acid groups (broad SMARTS) is 1. The van der Waals surface area contributed by atoms with Crippen molar-refractivity contribution in [2.24, 2.45) is 0 Å². The molecule has 20 heavy (non-hydrogen) atoms. The molecule has 0 fully saturated rings. The maximum Gasteiger partial charge on any atom is 0.356 e. The summed E-state index contributed by atoms with van der Waals surface area (Å²) in [6.07, 6.45) is 0. The number of carbonyl (C=O) groups excluding carboxylic acids is 1. The van der Waals surface area contributed by atoms with E-state index in [0.717, 1.165) is 0 Å². The third-order valence-corrected chi connectivity index (χ3v) is 3.19. The molecule has 1 aromatic carbocycles. The zero-order valence-electron chi connectivity index (χ0n) is 10.6. The maximum atomic E-state index is 11.9. The molecule has 2 rings (SSSR count). The number of aromatic amines is 1. The molecular weight excluding hydrogens is 282 g/mol. The Hall–Kier alpha value is -2.34. The summed E-state index contributed by atoms with van der Waals surface area (Å²) < 4.78 is 0. The van der Waals surface area contributed by atoms with Gasteiger partial charge in [0, 0.05) is 5.56 Å². The standard InChI is InChI=1S/C13H12ClN3O3/c1-7-10(16-17-11(7)13(19)20)6-15-12(18)8-4-2-3-5-9(8)14/h2-5H,6H2,1H3,(H,15,18)(H,16,17)(H,19,20). The van der Waals surface area contributed by atoms with Gasteiger partial charge < -0.3 is 10.4 Å². The summed E-state index contributed by atoms with van der Waals surface area (Å²) in [5.41, 5.74) is 1.36. The van der Waals surface area contributed by atoms with Crippen LogP contribution in [0.4, 0.5) is 0 Å². The van der Waals surface area contributed by atoms with Crippen LogP contribution in [0.5, 0.6) is 0 Å². The van der Waals surface area contributed by atoms with Crippen LogP contribution in [0.1, 0.15) is 32.1 Å². The van der Waals surface area contributed by atoms with Crippen LogP contribution in [-0.4, -0.2) is 27.2 Å².